The molecule has 19 heavy (non-hydrogen) atoms. The summed E-state index contributed by atoms with van der Waals surface area (Å²) in [4.78, 5) is 4.98. The minimum Gasteiger partial charge on any atom is -0.387 e. The lowest BCUT2D eigenvalue weighted by Gasteiger charge is -2.35. The molecule has 1 unspecified atom stereocenters. The molecule has 1 heterocycles. The second-order valence-corrected chi connectivity index (χ2v) is 5.97. The molecule has 1 atom stereocenters. The summed E-state index contributed by atoms with van der Waals surface area (Å²) < 4.78 is 0. The Hall–Kier alpha value is -0.900. The van der Waals surface area contributed by atoms with Crippen molar-refractivity contribution in [3.8, 4) is 0 Å². The van der Waals surface area contributed by atoms with Crippen LogP contribution in [0.25, 0.3) is 0 Å². The van der Waals surface area contributed by atoms with Gasteiger partial charge in [-0.25, -0.2) is 0 Å². The van der Waals surface area contributed by atoms with Crippen LogP contribution in [-0.2, 0) is 0 Å². The fourth-order valence-electron chi connectivity index (χ4n) is 2.85. The van der Waals surface area contributed by atoms with Crippen LogP contribution in [-0.4, -0.2) is 54.2 Å². The normalized spacial score (nSPS) is 23.4. The van der Waals surface area contributed by atoms with Crippen molar-refractivity contribution in [2.75, 3.05) is 39.3 Å². The number of β-amino-alcohol motifs (C(OH)–C–C–N with tert-alkyl or cyclic N) is 1. The van der Waals surface area contributed by atoms with E-state index in [1.807, 2.05) is 30.3 Å². The highest BCUT2D eigenvalue weighted by Crippen LogP contribution is 2.30. The van der Waals surface area contributed by atoms with E-state index in [0.717, 1.165) is 44.2 Å². The zero-order valence-corrected chi connectivity index (χ0v) is 11.5. The fraction of sp³-hybridized carbons (Fsp3) is 0.625. The molecule has 1 aliphatic heterocycles. The van der Waals surface area contributed by atoms with Gasteiger partial charge in [-0.2, -0.15) is 0 Å². The molecule has 0 amide bonds. The van der Waals surface area contributed by atoms with Crippen LogP contribution in [0.15, 0.2) is 30.3 Å². The quantitative estimate of drug-likeness (QED) is 0.874. The highest BCUT2D eigenvalue weighted by atomic mass is 16.3. The maximum atomic E-state index is 10.2. The van der Waals surface area contributed by atoms with Crippen molar-refractivity contribution in [1.29, 1.82) is 0 Å². The van der Waals surface area contributed by atoms with Crippen LogP contribution in [0.5, 0.6) is 0 Å². The Balaban J connectivity index is 1.43. The number of aliphatic hydroxyl groups is 1. The van der Waals surface area contributed by atoms with Gasteiger partial charge in [0.05, 0.1) is 6.10 Å². The molecule has 1 aromatic carbocycles. The maximum absolute atomic E-state index is 10.2. The number of hydrogen-bond acceptors (Lipinski definition) is 3. The molecule has 1 aliphatic carbocycles. The van der Waals surface area contributed by atoms with E-state index in [1.165, 1.54) is 19.4 Å². The largest absolute Gasteiger partial charge is 0.387 e. The predicted molar refractivity (Wildman–Crippen MR) is 77.0 cm³/mol. The van der Waals surface area contributed by atoms with Gasteiger partial charge in [0.25, 0.3) is 0 Å². The Labute approximate surface area is 115 Å². The lowest BCUT2D eigenvalue weighted by atomic mass is 10.1. The van der Waals surface area contributed by atoms with E-state index in [2.05, 4.69) is 9.80 Å². The predicted octanol–water partition coefficient (Wildman–Crippen LogP) is 1.75. The van der Waals surface area contributed by atoms with Crippen molar-refractivity contribution in [1.82, 2.24) is 9.80 Å². The van der Waals surface area contributed by atoms with E-state index >= 15 is 0 Å². The number of piperazine rings is 1. The zero-order valence-electron chi connectivity index (χ0n) is 11.5. The molecule has 3 heteroatoms. The molecule has 3 rings (SSSR count). The van der Waals surface area contributed by atoms with Gasteiger partial charge in [0.15, 0.2) is 0 Å². The molecule has 104 valence electrons. The summed E-state index contributed by atoms with van der Waals surface area (Å²) >= 11 is 0. The van der Waals surface area contributed by atoms with Gasteiger partial charge < -0.3 is 10.0 Å². The van der Waals surface area contributed by atoms with Crippen LogP contribution in [0, 0.1) is 5.92 Å². The third kappa shape index (κ3) is 3.78. The van der Waals surface area contributed by atoms with Crippen LogP contribution < -0.4 is 0 Å². The Kier molecular flexibility index (Phi) is 4.16. The number of hydrogen-bond donors (Lipinski definition) is 1. The summed E-state index contributed by atoms with van der Waals surface area (Å²) in [6.45, 7) is 6.58. The molecule has 0 bridgehead atoms. The van der Waals surface area contributed by atoms with Crippen molar-refractivity contribution in [3.63, 3.8) is 0 Å². The molecular weight excluding hydrogens is 236 g/mol. The van der Waals surface area contributed by atoms with E-state index in [-0.39, 0.29) is 6.10 Å². The first kappa shape index (κ1) is 13.1. The zero-order chi connectivity index (χ0) is 13.1. The summed E-state index contributed by atoms with van der Waals surface area (Å²) in [7, 11) is 0. The van der Waals surface area contributed by atoms with Crippen molar-refractivity contribution in [2.45, 2.75) is 18.9 Å². The van der Waals surface area contributed by atoms with Crippen LogP contribution in [0.3, 0.4) is 0 Å². The first-order valence-corrected chi connectivity index (χ1v) is 7.49. The van der Waals surface area contributed by atoms with Crippen molar-refractivity contribution in [3.05, 3.63) is 35.9 Å². The molecule has 3 nitrogen and oxygen atoms in total. The molecule has 0 aromatic heterocycles. The SMILES string of the molecule is OC(CN1CCN(CC2CC2)CC1)c1ccccc1. The van der Waals surface area contributed by atoms with Crippen molar-refractivity contribution >= 4 is 0 Å². The first-order valence-electron chi connectivity index (χ1n) is 7.49. The molecule has 1 N–H and O–H groups in total. The molecule has 1 aromatic rings. The molecule has 0 radical (unpaired) electrons. The Bertz CT molecular complexity index is 383. The molecule has 1 saturated heterocycles. The second-order valence-electron chi connectivity index (χ2n) is 5.97. The van der Waals surface area contributed by atoms with Gasteiger partial charge >= 0.3 is 0 Å². The van der Waals surface area contributed by atoms with Crippen molar-refractivity contribution in [2.24, 2.45) is 5.92 Å². The highest BCUT2D eigenvalue weighted by molar-refractivity contribution is 5.17. The number of benzene rings is 1. The number of rotatable bonds is 5. The topological polar surface area (TPSA) is 26.7 Å². The summed E-state index contributed by atoms with van der Waals surface area (Å²) in [6, 6.07) is 9.99. The average Bonchev–Trinajstić information content (AvgIpc) is 3.26. The third-order valence-electron chi connectivity index (χ3n) is 4.29. The van der Waals surface area contributed by atoms with Gasteiger partial charge in [-0.1, -0.05) is 30.3 Å². The van der Waals surface area contributed by atoms with Gasteiger partial charge in [-0.05, 0) is 24.3 Å². The molecule has 2 aliphatic rings. The van der Waals surface area contributed by atoms with Gasteiger partial charge in [0.2, 0.25) is 0 Å². The molecule has 2 fully saturated rings. The monoisotopic (exact) mass is 260 g/mol. The summed E-state index contributed by atoms with van der Waals surface area (Å²) in [5.74, 6) is 0.987. The van der Waals surface area contributed by atoms with E-state index in [4.69, 9.17) is 0 Å². The van der Waals surface area contributed by atoms with Gasteiger partial charge in [0, 0.05) is 39.3 Å². The van der Waals surface area contributed by atoms with E-state index in [1.54, 1.807) is 0 Å². The van der Waals surface area contributed by atoms with Gasteiger partial charge in [-0.15, -0.1) is 0 Å². The maximum Gasteiger partial charge on any atom is 0.0916 e. The first-order chi connectivity index (χ1) is 9.31. The number of aliphatic hydroxyl groups excluding tert-OH is 1. The minimum atomic E-state index is -0.351. The minimum absolute atomic E-state index is 0.351. The smallest absolute Gasteiger partial charge is 0.0916 e. The van der Waals surface area contributed by atoms with E-state index in [9.17, 15) is 5.11 Å². The van der Waals surface area contributed by atoms with Crippen LogP contribution in [0.4, 0.5) is 0 Å². The Morgan fingerprint density at radius 2 is 1.63 bits per heavy atom. The molecule has 0 spiro atoms. The average molecular weight is 260 g/mol. The van der Waals surface area contributed by atoms with Crippen molar-refractivity contribution < 1.29 is 5.11 Å². The number of nitrogens with zero attached hydrogens (tertiary/aromatic N) is 2. The van der Waals surface area contributed by atoms with Crippen LogP contribution >= 0.6 is 0 Å². The van der Waals surface area contributed by atoms with Gasteiger partial charge in [0.1, 0.15) is 0 Å². The molecule has 1 saturated carbocycles. The highest BCUT2D eigenvalue weighted by Gasteiger charge is 2.26. The Morgan fingerprint density at radius 1 is 1.00 bits per heavy atom. The van der Waals surface area contributed by atoms with Crippen LogP contribution in [0.1, 0.15) is 24.5 Å². The summed E-state index contributed by atoms with van der Waals surface area (Å²) in [5, 5.41) is 10.2. The summed E-state index contributed by atoms with van der Waals surface area (Å²) in [6.07, 6.45) is 2.52. The van der Waals surface area contributed by atoms with Crippen LogP contribution in [0.2, 0.25) is 0 Å². The van der Waals surface area contributed by atoms with E-state index < -0.39 is 0 Å². The van der Waals surface area contributed by atoms with Gasteiger partial charge in [-0.3, -0.25) is 4.90 Å². The summed E-state index contributed by atoms with van der Waals surface area (Å²) in [5.41, 5.74) is 1.03. The molecular formula is C16H24N2O. The standard InChI is InChI=1S/C16H24N2O/c19-16(15-4-2-1-3-5-15)13-18-10-8-17(9-11-18)12-14-6-7-14/h1-5,14,16,19H,6-13H2. The lowest BCUT2D eigenvalue weighted by molar-refractivity contribution is 0.0710. The Morgan fingerprint density at radius 3 is 2.26 bits per heavy atom. The second kappa shape index (κ2) is 6.04. The lowest BCUT2D eigenvalue weighted by Crippen LogP contribution is -2.47. The fourth-order valence-corrected chi connectivity index (χ4v) is 2.85. The van der Waals surface area contributed by atoms with E-state index in [0.29, 0.717) is 0 Å². The third-order valence-corrected chi connectivity index (χ3v) is 4.29.